The lowest BCUT2D eigenvalue weighted by atomic mass is 9.77. The molecule has 0 aliphatic heterocycles. The number of nitrogens with one attached hydrogen (secondary N) is 3. The highest BCUT2D eigenvalue weighted by atomic mass is 32.1. The molecule has 3 amide bonds. The van der Waals surface area contributed by atoms with Crippen LogP contribution in [0.4, 0.5) is 5.13 Å². The second kappa shape index (κ2) is 14.8. The van der Waals surface area contributed by atoms with Crippen molar-refractivity contribution in [3.8, 4) is 11.5 Å². The molecule has 0 unspecified atom stereocenters. The number of hydrogen-bond acceptors (Lipinski definition) is 7. The van der Waals surface area contributed by atoms with Crippen molar-refractivity contribution >= 4 is 40.3 Å². The molecule has 0 aliphatic rings. The Bertz CT molecular complexity index is 1700. The third-order valence-electron chi connectivity index (χ3n) is 7.33. The van der Waals surface area contributed by atoms with Crippen LogP contribution >= 0.6 is 11.3 Å². The maximum absolute atomic E-state index is 13.9. The smallest absolute Gasteiger partial charge is 0.248 e. The van der Waals surface area contributed by atoms with Gasteiger partial charge in [-0.15, -0.1) is 11.3 Å². The Hall–Kier alpha value is -5.74. The van der Waals surface area contributed by atoms with Crippen LogP contribution in [-0.4, -0.2) is 39.0 Å². The average molecular weight is 633 g/mol. The molecule has 0 aliphatic carbocycles. The summed E-state index contributed by atoms with van der Waals surface area (Å²) in [5, 5.41) is 30.0. The van der Waals surface area contributed by atoms with E-state index in [-0.39, 0.29) is 30.2 Å². The van der Waals surface area contributed by atoms with Crippen LogP contribution < -0.4 is 16.0 Å². The number of phenolic OH excluding ortho intramolecular Hbond substituents is 2. The fourth-order valence-corrected chi connectivity index (χ4v) is 5.64. The van der Waals surface area contributed by atoms with Crippen LogP contribution in [0.1, 0.15) is 35.1 Å². The van der Waals surface area contributed by atoms with Gasteiger partial charge in [0.1, 0.15) is 11.6 Å². The minimum atomic E-state index is -1.07. The molecule has 5 N–H and O–H groups in total. The number of carbonyl (C=O) groups excluding carboxylic acids is 3. The lowest BCUT2D eigenvalue weighted by Crippen LogP contribution is -2.49. The molecule has 0 radical (unpaired) electrons. The molecule has 0 saturated heterocycles. The predicted molar refractivity (Wildman–Crippen MR) is 178 cm³/mol. The molecule has 0 bridgehead atoms. The van der Waals surface area contributed by atoms with Crippen LogP contribution in [-0.2, 0) is 19.9 Å². The summed E-state index contributed by atoms with van der Waals surface area (Å²) >= 11 is 1.23. The zero-order valence-corrected chi connectivity index (χ0v) is 25.5. The fourth-order valence-electron chi connectivity index (χ4n) is 5.11. The number of anilines is 1. The largest absolute Gasteiger partial charge is 0.504 e. The summed E-state index contributed by atoms with van der Waals surface area (Å²) in [6, 6.07) is 32.1. The van der Waals surface area contributed by atoms with Gasteiger partial charge in [-0.05, 0) is 46.9 Å². The van der Waals surface area contributed by atoms with Gasteiger partial charge in [0.2, 0.25) is 17.7 Å². The first-order valence-electron chi connectivity index (χ1n) is 14.5. The number of aromatic hydroxyl groups is 2. The van der Waals surface area contributed by atoms with Crippen molar-refractivity contribution in [3.63, 3.8) is 0 Å². The topological polar surface area (TPSA) is 141 Å². The normalized spacial score (nSPS) is 11.9. The van der Waals surface area contributed by atoms with Gasteiger partial charge in [0, 0.05) is 24.1 Å². The molecular weight excluding hydrogens is 600 g/mol. The lowest BCUT2D eigenvalue weighted by Gasteiger charge is -2.37. The van der Waals surface area contributed by atoms with E-state index in [1.54, 1.807) is 11.6 Å². The fraction of sp³-hybridized carbons (Fsp3) is 0.111. The van der Waals surface area contributed by atoms with E-state index in [1.807, 2.05) is 91.0 Å². The number of carbonyl (C=O) groups is 3. The highest BCUT2D eigenvalue weighted by molar-refractivity contribution is 7.13. The molecule has 5 rings (SSSR count). The van der Waals surface area contributed by atoms with Crippen molar-refractivity contribution in [2.24, 2.45) is 0 Å². The standard InChI is InChI=1S/C36H32N4O5S/c41-30-19-16-25(24-31(30)42)17-20-32(43)38-29(34(45)39-35-37-22-23-46-35)18-21-33(44)40-36(26-10-4-1-5-11-26,27-12-6-2-7-13-27)28-14-8-3-9-15-28/h1-17,19-20,22-24,29,41-42H,18,21H2,(H,38,43)(H,40,44)(H,37,39,45)/t29-/m0/s1. The Morgan fingerprint density at radius 2 is 1.39 bits per heavy atom. The number of benzene rings is 4. The van der Waals surface area contributed by atoms with Crippen LogP contribution in [0, 0.1) is 0 Å². The van der Waals surface area contributed by atoms with Crippen molar-refractivity contribution in [2.45, 2.75) is 24.4 Å². The Balaban J connectivity index is 1.38. The van der Waals surface area contributed by atoms with Crippen LogP contribution in [0.3, 0.4) is 0 Å². The summed E-state index contributed by atoms with van der Waals surface area (Å²) in [5.74, 6) is -2.04. The number of amides is 3. The third kappa shape index (κ3) is 7.66. The van der Waals surface area contributed by atoms with Gasteiger partial charge < -0.3 is 26.2 Å². The van der Waals surface area contributed by atoms with Crippen molar-refractivity contribution in [3.05, 3.63) is 149 Å². The number of hydrogen-bond donors (Lipinski definition) is 5. The molecule has 5 aromatic rings. The number of nitrogens with zero attached hydrogens (tertiary/aromatic N) is 1. The summed E-state index contributed by atoms with van der Waals surface area (Å²) in [5.41, 5.74) is 2.02. The van der Waals surface area contributed by atoms with E-state index in [4.69, 9.17) is 0 Å². The van der Waals surface area contributed by atoms with Crippen molar-refractivity contribution in [2.75, 3.05) is 5.32 Å². The first-order chi connectivity index (χ1) is 22.3. The van der Waals surface area contributed by atoms with Gasteiger partial charge in [0.25, 0.3) is 0 Å². The van der Waals surface area contributed by atoms with Gasteiger partial charge in [-0.2, -0.15) is 0 Å². The Morgan fingerprint density at radius 3 is 1.91 bits per heavy atom. The van der Waals surface area contributed by atoms with Crippen molar-refractivity contribution < 1.29 is 24.6 Å². The zero-order valence-electron chi connectivity index (χ0n) is 24.7. The lowest BCUT2D eigenvalue weighted by molar-refractivity contribution is -0.125. The van der Waals surface area contributed by atoms with Gasteiger partial charge >= 0.3 is 0 Å². The summed E-state index contributed by atoms with van der Waals surface area (Å²) in [6.45, 7) is 0. The first-order valence-corrected chi connectivity index (χ1v) is 15.4. The predicted octanol–water partition coefficient (Wildman–Crippen LogP) is 5.58. The van der Waals surface area contributed by atoms with Crippen LogP contribution in [0.25, 0.3) is 6.08 Å². The maximum Gasteiger partial charge on any atom is 0.248 e. The number of thiazole rings is 1. The van der Waals surface area contributed by atoms with E-state index < -0.39 is 23.4 Å². The molecule has 0 saturated carbocycles. The Morgan fingerprint density at radius 1 is 0.804 bits per heavy atom. The number of rotatable bonds is 12. The molecule has 0 fully saturated rings. The van der Waals surface area contributed by atoms with E-state index in [1.165, 1.54) is 41.7 Å². The molecule has 9 nitrogen and oxygen atoms in total. The highest BCUT2D eigenvalue weighted by Crippen LogP contribution is 2.37. The molecule has 1 aromatic heterocycles. The summed E-state index contributed by atoms with van der Waals surface area (Å²) in [4.78, 5) is 44.1. The number of aromatic nitrogens is 1. The van der Waals surface area contributed by atoms with Gasteiger partial charge in [0.05, 0.1) is 0 Å². The van der Waals surface area contributed by atoms with Crippen LogP contribution in [0.2, 0.25) is 0 Å². The molecule has 46 heavy (non-hydrogen) atoms. The number of phenols is 2. The molecule has 4 aromatic carbocycles. The van der Waals surface area contributed by atoms with Gasteiger partial charge in [-0.3, -0.25) is 14.4 Å². The minimum absolute atomic E-state index is 0.00291. The molecule has 10 heteroatoms. The molecule has 1 atom stereocenters. The van der Waals surface area contributed by atoms with E-state index in [9.17, 15) is 24.6 Å². The van der Waals surface area contributed by atoms with E-state index in [2.05, 4.69) is 20.9 Å². The maximum atomic E-state index is 13.9. The molecule has 0 spiro atoms. The van der Waals surface area contributed by atoms with Gasteiger partial charge in [0.15, 0.2) is 16.6 Å². The molecular formula is C36H32N4O5S. The summed E-state index contributed by atoms with van der Waals surface area (Å²) < 4.78 is 0. The highest BCUT2D eigenvalue weighted by Gasteiger charge is 2.38. The second-order valence-electron chi connectivity index (χ2n) is 10.4. The van der Waals surface area contributed by atoms with Gasteiger partial charge in [-0.1, -0.05) is 97.1 Å². The monoisotopic (exact) mass is 632 g/mol. The summed E-state index contributed by atoms with van der Waals surface area (Å²) in [6.07, 6.45) is 4.11. The second-order valence-corrected chi connectivity index (χ2v) is 11.3. The average Bonchev–Trinajstić information content (AvgIpc) is 3.60. The van der Waals surface area contributed by atoms with Crippen LogP contribution in [0.15, 0.2) is 127 Å². The quantitative estimate of drug-likeness (QED) is 0.0691. The van der Waals surface area contributed by atoms with E-state index in [0.717, 1.165) is 16.7 Å². The summed E-state index contributed by atoms with van der Waals surface area (Å²) in [7, 11) is 0. The zero-order chi connectivity index (χ0) is 32.4. The Labute approximate surface area is 270 Å². The van der Waals surface area contributed by atoms with Crippen molar-refractivity contribution in [1.29, 1.82) is 0 Å². The van der Waals surface area contributed by atoms with Crippen LogP contribution in [0.5, 0.6) is 11.5 Å². The SMILES string of the molecule is O=C(C=Cc1ccc(O)c(O)c1)N[C@@H](CCC(=O)NC(c1ccccc1)(c1ccccc1)c1ccccc1)C(=O)Nc1nccs1. The van der Waals surface area contributed by atoms with E-state index >= 15 is 0 Å². The molecule has 232 valence electrons. The molecule has 1 heterocycles. The van der Waals surface area contributed by atoms with E-state index in [0.29, 0.717) is 10.7 Å². The first kappa shape index (κ1) is 31.7. The van der Waals surface area contributed by atoms with Gasteiger partial charge in [-0.25, -0.2) is 4.98 Å². The minimum Gasteiger partial charge on any atom is -0.504 e. The Kier molecular flexibility index (Phi) is 10.2. The van der Waals surface area contributed by atoms with Crippen molar-refractivity contribution in [1.82, 2.24) is 15.6 Å². The third-order valence-corrected chi connectivity index (χ3v) is 8.02.